The molecular weight excluding hydrogens is 184 g/mol. The van der Waals surface area contributed by atoms with Crippen molar-refractivity contribution in [1.82, 2.24) is 5.32 Å². The highest BCUT2D eigenvalue weighted by atomic mass is 16.6. The lowest BCUT2D eigenvalue weighted by Gasteiger charge is -2.06. The number of hydrogen-bond acceptors (Lipinski definition) is 4. The summed E-state index contributed by atoms with van der Waals surface area (Å²) in [5, 5.41) is 13.4. The number of ether oxygens (including phenoxy) is 1. The Bertz CT molecular complexity index is 339. The molecule has 0 aromatic heterocycles. The zero-order valence-electron chi connectivity index (χ0n) is 8.11. The van der Waals surface area contributed by atoms with Crippen LogP contribution in [0.2, 0.25) is 0 Å². The van der Waals surface area contributed by atoms with Gasteiger partial charge in [0.05, 0.1) is 18.1 Å². The van der Waals surface area contributed by atoms with Crippen molar-refractivity contribution in [2.45, 2.75) is 6.54 Å². The van der Waals surface area contributed by atoms with Gasteiger partial charge in [-0.1, -0.05) is 0 Å². The highest BCUT2D eigenvalue weighted by Gasteiger charge is 2.10. The molecule has 0 saturated carbocycles. The fourth-order valence-electron chi connectivity index (χ4n) is 1.18. The number of benzene rings is 1. The molecule has 0 aliphatic carbocycles. The summed E-state index contributed by atoms with van der Waals surface area (Å²) in [7, 11) is 3.30. The second-order valence-corrected chi connectivity index (χ2v) is 2.78. The summed E-state index contributed by atoms with van der Waals surface area (Å²) in [6.45, 7) is 0.626. The van der Waals surface area contributed by atoms with Gasteiger partial charge in [-0.25, -0.2) is 0 Å². The molecule has 5 nitrogen and oxygen atoms in total. The SMILES string of the molecule is CNCc1ccc([N+](=O)[O-])cc1OC. The summed E-state index contributed by atoms with van der Waals surface area (Å²) >= 11 is 0. The number of methoxy groups -OCH3 is 1. The number of hydrogen-bond donors (Lipinski definition) is 1. The topological polar surface area (TPSA) is 64.4 Å². The van der Waals surface area contributed by atoms with E-state index in [1.165, 1.54) is 19.2 Å². The van der Waals surface area contributed by atoms with Crippen LogP contribution in [0, 0.1) is 10.1 Å². The zero-order valence-corrected chi connectivity index (χ0v) is 8.11. The third-order valence-electron chi connectivity index (χ3n) is 1.85. The van der Waals surface area contributed by atoms with Crippen LogP contribution in [0.1, 0.15) is 5.56 Å². The predicted molar refractivity (Wildman–Crippen MR) is 52.4 cm³/mol. The third-order valence-corrected chi connectivity index (χ3v) is 1.85. The summed E-state index contributed by atoms with van der Waals surface area (Å²) in [4.78, 5) is 10.0. The van der Waals surface area contributed by atoms with Crippen LogP contribution in [0.25, 0.3) is 0 Å². The van der Waals surface area contributed by atoms with Crippen LogP contribution >= 0.6 is 0 Å². The molecule has 1 rings (SSSR count). The van der Waals surface area contributed by atoms with Crippen LogP contribution < -0.4 is 10.1 Å². The molecule has 0 fully saturated rings. The van der Waals surface area contributed by atoms with Crippen LogP contribution in [0.5, 0.6) is 5.75 Å². The smallest absolute Gasteiger partial charge is 0.273 e. The normalized spacial score (nSPS) is 9.86. The van der Waals surface area contributed by atoms with Crippen molar-refractivity contribution in [3.8, 4) is 5.75 Å². The molecule has 0 atom stereocenters. The van der Waals surface area contributed by atoms with Crippen molar-refractivity contribution in [1.29, 1.82) is 0 Å². The molecule has 0 heterocycles. The van der Waals surface area contributed by atoms with Gasteiger partial charge in [0.25, 0.3) is 5.69 Å². The summed E-state index contributed by atoms with van der Waals surface area (Å²) in [6.07, 6.45) is 0. The molecule has 0 spiro atoms. The van der Waals surface area contributed by atoms with Gasteiger partial charge in [-0.05, 0) is 13.1 Å². The fraction of sp³-hybridized carbons (Fsp3) is 0.333. The number of nitrogens with one attached hydrogen (secondary N) is 1. The van der Waals surface area contributed by atoms with E-state index in [4.69, 9.17) is 4.74 Å². The second kappa shape index (κ2) is 4.57. The molecule has 5 heteroatoms. The Morgan fingerprint density at radius 1 is 1.57 bits per heavy atom. The molecule has 1 aromatic carbocycles. The first-order valence-electron chi connectivity index (χ1n) is 4.15. The Labute approximate surface area is 81.8 Å². The lowest BCUT2D eigenvalue weighted by molar-refractivity contribution is -0.384. The molecule has 0 bridgehead atoms. The number of non-ortho nitro benzene ring substituents is 1. The lowest BCUT2D eigenvalue weighted by atomic mass is 10.2. The summed E-state index contributed by atoms with van der Waals surface area (Å²) < 4.78 is 5.04. The van der Waals surface area contributed by atoms with E-state index < -0.39 is 4.92 Å². The molecule has 1 N–H and O–H groups in total. The number of nitro benzene ring substituents is 1. The van der Waals surface area contributed by atoms with Gasteiger partial charge in [-0.15, -0.1) is 0 Å². The van der Waals surface area contributed by atoms with Gasteiger partial charge in [0.2, 0.25) is 0 Å². The zero-order chi connectivity index (χ0) is 10.6. The quantitative estimate of drug-likeness (QED) is 0.582. The molecule has 0 aliphatic heterocycles. The van der Waals surface area contributed by atoms with Crippen LogP contribution in [0.15, 0.2) is 18.2 Å². The van der Waals surface area contributed by atoms with E-state index in [1.54, 1.807) is 13.1 Å². The van der Waals surface area contributed by atoms with E-state index in [2.05, 4.69) is 5.32 Å². The highest BCUT2D eigenvalue weighted by Crippen LogP contribution is 2.24. The third kappa shape index (κ3) is 2.20. The van der Waals surface area contributed by atoms with Crippen LogP contribution in [-0.4, -0.2) is 19.1 Å². The molecular formula is C9H12N2O3. The predicted octanol–water partition coefficient (Wildman–Crippen LogP) is 1.32. The second-order valence-electron chi connectivity index (χ2n) is 2.78. The van der Waals surface area contributed by atoms with Crippen molar-refractivity contribution in [2.24, 2.45) is 0 Å². The van der Waals surface area contributed by atoms with Gasteiger partial charge >= 0.3 is 0 Å². The van der Waals surface area contributed by atoms with Crippen LogP contribution in [0.3, 0.4) is 0 Å². The first-order chi connectivity index (χ1) is 6.69. The molecule has 0 saturated heterocycles. The van der Waals surface area contributed by atoms with E-state index in [-0.39, 0.29) is 5.69 Å². The minimum Gasteiger partial charge on any atom is -0.496 e. The van der Waals surface area contributed by atoms with Crippen molar-refractivity contribution in [3.05, 3.63) is 33.9 Å². The number of nitro groups is 1. The maximum Gasteiger partial charge on any atom is 0.273 e. The van der Waals surface area contributed by atoms with Crippen LogP contribution in [-0.2, 0) is 6.54 Å². The standard InChI is InChI=1S/C9H12N2O3/c1-10-6-7-3-4-8(11(12)13)5-9(7)14-2/h3-5,10H,6H2,1-2H3. The molecule has 0 aliphatic rings. The van der Waals surface area contributed by atoms with Crippen molar-refractivity contribution in [2.75, 3.05) is 14.2 Å². The van der Waals surface area contributed by atoms with E-state index in [1.807, 2.05) is 0 Å². The Kier molecular flexibility index (Phi) is 3.41. The molecule has 0 unspecified atom stereocenters. The van der Waals surface area contributed by atoms with Crippen molar-refractivity contribution in [3.63, 3.8) is 0 Å². The molecule has 14 heavy (non-hydrogen) atoms. The largest absolute Gasteiger partial charge is 0.496 e. The molecule has 1 aromatic rings. The average Bonchev–Trinajstić information content (AvgIpc) is 2.18. The Morgan fingerprint density at radius 2 is 2.29 bits per heavy atom. The number of nitrogens with zero attached hydrogens (tertiary/aromatic N) is 1. The molecule has 0 radical (unpaired) electrons. The highest BCUT2D eigenvalue weighted by molar-refractivity contribution is 5.44. The first kappa shape index (κ1) is 10.5. The molecule has 0 amide bonds. The summed E-state index contributed by atoms with van der Waals surface area (Å²) in [6, 6.07) is 4.58. The average molecular weight is 196 g/mol. The number of rotatable bonds is 4. The monoisotopic (exact) mass is 196 g/mol. The van der Waals surface area contributed by atoms with Gasteiger partial charge in [0.15, 0.2) is 0 Å². The van der Waals surface area contributed by atoms with Gasteiger partial charge in [0, 0.05) is 18.2 Å². The van der Waals surface area contributed by atoms with Gasteiger partial charge in [-0.2, -0.15) is 0 Å². The summed E-state index contributed by atoms with van der Waals surface area (Å²) in [5.74, 6) is 0.536. The Morgan fingerprint density at radius 3 is 2.79 bits per heavy atom. The van der Waals surface area contributed by atoms with Gasteiger partial charge in [-0.3, -0.25) is 10.1 Å². The van der Waals surface area contributed by atoms with Gasteiger partial charge in [0.1, 0.15) is 5.75 Å². The van der Waals surface area contributed by atoms with E-state index in [9.17, 15) is 10.1 Å². The van der Waals surface area contributed by atoms with Crippen molar-refractivity contribution < 1.29 is 9.66 Å². The maximum atomic E-state index is 10.5. The van der Waals surface area contributed by atoms with Crippen LogP contribution in [0.4, 0.5) is 5.69 Å². The van der Waals surface area contributed by atoms with E-state index in [0.717, 1.165) is 5.56 Å². The fourth-order valence-corrected chi connectivity index (χ4v) is 1.18. The minimum absolute atomic E-state index is 0.0432. The first-order valence-corrected chi connectivity index (χ1v) is 4.15. The van der Waals surface area contributed by atoms with Crippen molar-refractivity contribution >= 4 is 5.69 Å². The van der Waals surface area contributed by atoms with E-state index in [0.29, 0.717) is 12.3 Å². The Balaban J connectivity index is 3.04. The van der Waals surface area contributed by atoms with E-state index >= 15 is 0 Å². The Hall–Kier alpha value is -1.62. The maximum absolute atomic E-state index is 10.5. The summed E-state index contributed by atoms with van der Waals surface area (Å²) in [5.41, 5.74) is 0.947. The minimum atomic E-state index is -0.439. The lowest BCUT2D eigenvalue weighted by Crippen LogP contribution is -2.06. The van der Waals surface area contributed by atoms with Gasteiger partial charge < -0.3 is 10.1 Å². The molecule has 76 valence electrons.